The minimum Gasteiger partial charge on any atom is -0.341 e. The standard InChI is InChI=1S/C13H17N3OS/c1-10(13(17)16-4-2-3-5-16)15-8-12-6-11(7-14)9-18-12/h6,9-10,15H,2-5,8H2,1H3. The highest BCUT2D eigenvalue weighted by atomic mass is 32.1. The average Bonchev–Trinajstić information content (AvgIpc) is 3.05. The van der Waals surface area contributed by atoms with E-state index in [1.54, 1.807) is 11.3 Å². The van der Waals surface area contributed by atoms with Gasteiger partial charge in [-0.15, -0.1) is 11.3 Å². The number of hydrogen-bond acceptors (Lipinski definition) is 4. The van der Waals surface area contributed by atoms with Gasteiger partial charge >= 0.3 is 0 Å². The van der Waals surface area contributed by atoms with Gasteiger partial charge in [0.1, 0.15) is 6.07 Å². The Labute approximate surface area is 111 Å². The third-order valence-electron chi connectivity index (χ3n) is 3.15. The van der Waals surface area contributed by atoms with Crippen LogP contribution in [-0.4, -0.2) is 29.9 Å². The maximum Gasteiger partial charge on any atom is 0.239 e. The Morgan fingerprint density at radius 1 is 1.61 bits per heavy atom. The van der Waals surface area contributed by atoms with Gasteiger partial charge in [0.25, 0.3) is 0 Å². The number of thiophene rings is 1. The van der Waals surface area contributed by atoms with Crippen molar-refractivity contribution >= 4 is 17.2 Å². The van der Waals surface area contributed by atoms with E-state index in [-0.39, 0.29) is 11.9 Å². The first-order valence-corrected chi connectivity index (χ1v) is 7.08. The quantitative estimate of drug-likeness (QED) is 0.900. The van der Waals surface area contributed by atoms with Gasteiger partial charge in [-0.1, -0.05) is 0 Å². The second kappa shape index (κ2) is 5.98. The molecule has 1 aromatic heterocycles. The van der Waals surface area contributed by atoms with Crippen LogP contribution in [0.1, 0.15) is 30.2 Å². The number of hydrogen-bond donors (Lipinski definition) is 1. The summed E-state index contributed by atoms with van der Waals surface area (Å²) in [5.74, 6) is 0.185. The Balaban J connectivity index is 1.82. The van der Waals surface area contributed by atoms with E-state index in [2.05, 4.69) is 11.4 Å². The fourth-order valence-corrected chi connectivity index (χ4v) is 2.85. The summed E-state index contributed by atoms with van der Waals surface area (Å²) in [6.45, 7) is 4.33. The first-order chi connectivity index (χ1) is 8.70. The number of carbonyl (C=O) groups excluding carboxylic acids is 1. The van der Waals surface area contributed by atoms with E-state index in [1.807, 2.05) is 23.3 Å². The van der Waals surface area contributed by atoms with E-state index >= 15 is 0 Å². The third-order valence-corrected chi connectivity index (χ3v) is 4.09. The van der Waals surface area contributed by atoms with Crippen molar-refractivity contribution in [3.63, 3.8) is 0 Å². The zero-order chi connectivity index (χ0) is 13.0. The number of nitriles is 1. The average molecular weight is 263 g/mol. The van der Waals surface area contributed by atoms with Gasteiger partial charge in [-0.3, -0.25) is 4.79 Å². The van der Waals surface area contributed by atoms with Crippen LogP contribution in [0.3, 0.4) is 0 Å². The molecule has 0 aliphatic carbocycles. The molecule has 1 atom stereocenters. The van der Waals surface area contributed by atoms with Gasteiger partial charge < -0.3 is 10.2 Å². The van der Waals surface area contributed by atoms with E-state index in [0.717, 1.165) is 30.8 Å². The number of amides is 1. The van der Waals surface area contributed by atoms with Crippen LogP contribution in [0, 0.1) is 11.3 Å². The summed E-state index contributed by atoms with van der Waals surface area (Å²) in [4.78, 5) is 15.1. The monoisotopic (exact) mass is 263 g/mol. The fraction of sp³-hybridized carbons (Fsp3) is 0.538. The molecule has 5 heteroatoms. The molecular weight excluding hydrogens is 246 g/mol. The lowest BCUT2D eigenvalue weighted by atomic mass is 10.2. The first-order valence-electron chi connectivity index (χ1n) is 6.20. The largest absolute Gasteiger partial charge is 0.341 e. The summed E-state index contributed by atoms with van der Waals surface area (Å²) in [6, 6.07) is 3.82. The number of nitrogens with one attached hydrogen (secondary N) is 1. The Morgan fingerprint density at radius 3 is 2.94 bits per heavy atom. The highest BCUT2D eigenvalue weighted by Gasteiger charge is 2.22. The Bertz CT molecular complexity index is 457. The molecule has 1 fully saturated rings. The van der Waals surface area contributed by atoms with Crippen LogP contribution in [-0.2, 0) is 11.3 Å². The molecule has 0 saturated carbocycles. The molecule has 1 amide bonds. The predicted octanol–water partition coefficient (Wildman–Crippen LogP) is 1.72. The van der Waals surface area contributed by atoms with E-state index in [1.165, 1.54) is 0 Å². The van der Waals surface area contributed by atoms with E-state index in [9.17, 15) is 4.79 Å². The summed E-state index contributed by atoms with van der Waals surface area (Å²) in [6.07, 6.45) is 2.24. The molecular formula is C13H17N3OS. The van der Waals surface area contributed by atoms with Crippen molar-refractivity contribution in [2.24, 2.45) is 0 Å². The highest BCUT2D eigenvalue weighted by Crippen LogP contribution is 2.14. The molecule has 1 saturated heterocycles. The van der Waals surface area contributed by atoms with Crippen molar-refractivity contribution in [2.75, 3.05) is 13.1 Å². The highest BCUT2D eigenvalue weighted by molar-refractivity contribution is 7.10. The SMILES string of the molecule is CC(NCc1cc(C#N)cs1)C(=O)N1CCCC1. The zero-order valence-corrected chi connectivity index (χ0v) is 11.3. The molecule has 1 aromatic rings. The van der Waals surface area contributed by atoms with Crippen LogP contribution in [0.2, 0.25) is 0 Å². The lowest BCUT2D eigenvalue weighted by Crippen LogP contribution is -2.43. The molecule has 2 heterocycles. The minimum absolute atomic E-state index is 0.157. The van der Waals surface area contributed by atoms with Crippen molar-refractivity contribution in [2.45, 2.75) is 32.4 Å². The van der Waals surface area contributed by atoms with Crippen LogP contribution in [0.4, 0.5) is 0 Å². The lowest BCUT2D eigenvalue weighted by Gasteiger charge is -2.20. The summed E-state index contributed by atoms with van der Waals surface area (Å²) >= 11 is 1.55. The Hall–Kier alpha value is -1.38. The summed E-state index contributed by atoms with van der Waals surface area (Å²) in [5.41, 5.74) is 0.690. The van der Waals surface area contributed by atoms with Crippen LogP contribution in [0.25, 0.3) is 0 Å². The minimum atomic E-state index is -0.157. The van der Waals surface area contributed by atoms with Crippen LogP contribution in [0.15, 0.2) is 11.4 Å². The van der Waals surface area contributed by atoms with Gasteiger partial charge in [-0.25, -0.2) is 0 Å². The van der Waals surface area contributed by atoms with Crippen LogP contribution < -0.4 is 5.32 Å². The van der Waals surface area contributed by atoms with Crippen molar-refractivity contribution in [1.29, 1.82) is 5.26 Å². The first kappa shape index (κ1) is 13.1. The van der Waals surface area contributed by atoms with Gasteiger partial charge in [0, 0.05) is 29.9 Å². The summed E-state index contributed by atoms with van der Waals surface area (Å²) in [7, 11) is 0. The second-order valence-electron chi connectivity index (χ2n) is 4.55. The second-order valence-corrected chi connectivity index (χ2v) is 5.54. The van der Waals surface area contributed by atoms with Gasteiger partial charge in [-0.05, 0) is 25.8 Å². The third kappa shape index (κ3) is 3.09. The van der Waals surface area contributed by atoms with E-state index in [4.69, 9.17) is 5.26 Å². The van der Waals surface area contributed by atoms with Gasteiger partial charge in [0.05, 0.1) is 11.6 Å². The molecule has 96 valence electrons. The van der Waals surface area contributed by atoms with Crippen molar-refractivity contribution in [3.05, 3.63) is 21.9 Å². The lowest BCUT2D eigenvalue weighted by molar-refractivity contribution is -0.131. The molecule has 1 aliphatic heterocycles. The van der Waals surface area contributed by atoms with Crippen LogP contribution >= 0.6 is 11.3 Å². The fourth-order valence-electron chi connectivity index (χ4n) is 2.08. The van der Waals surface area contributed by atoms with Crippen molar-refractivity contribution in [1.82, 2.24) is 10.2 Å². The Kier molecular flexibility index (Phi) is 4.34. The molecule has 1 aliphatic rings. The van der Waals surface area contributed by atoms with Crippen molar-refractivity contribution < 1.29 is 4.79 Å². The number of nitrogens with zero attached hydrogens (tertiary/aromatic N) is 2. The van der Waals surface area contributed by atoms with Crippen LogP contribution in [0.5, 0.6) is 0 Å². The smallest absolute Gasteiger partial charge is 0.239 e. The molecule has 4 nitrogen and oxygen atoms in total. The maximum absolute atomic E-state index is 12.0. The van der Waals surface area contributed by atoms with Gasteiger partial charge in [-0.2, -0.15) is 5.26 Å². The molecule has 1 unspecified atom stereocenters. The van der Waals surface area contributed by atoms with Crippen molar-refractivity contribution in [3.8, 4) is 6.07 Å². The molecule has 18 heavy (non-hydrogen) atoms. The normalized spacial score (nSPS) is 16.6. The molecule has 0 radical (unpaired) electrons. The number of carbonyl (C=O) groups is 1. The van der Waals surface area contributed by atoms with E-state index < -0.39 is 0 Å². The molecule has 1 N–H and O–H groups in total. The number of likely N-dealkylation sites (tertiary alicyclic amines) is 1. The number of rotatable bonds is 4. The maximum atomic E-state index is 12.0. The van der Waals surface area contributed by atoms with Gasteiger partial charge in [0.15, 0.2) is 0 Å². The summed E-state index contributed by atoms with van der Waals surface area (Å²) in [5, 5.41) is 13.8. The molecule has 0 bridgehead atoms. The van der Waals surface area contributed by atoms with Gasteiger partial charge in [0.2, 0.25) is 5.91 Å². The molecule has 2 rings (SSSR count). The molecule has 0 aromatic carbocycles. The molecule has 0 spiro atoms. The zero-order valence-electron chi connectivity index (χ0n) is 10.5. The predicted molar refractivity (Wildman–Crippen MR) is 71.1 cm³/mol. The summed E-state index contributed by atoms with van der Waals surface area (Å²) < 4.78 is 0. The van der Waals surface area contributed by atoms with E-state index in [0.29, 0.717) is 12.1 Å². The topological polar surface area (TPSA) is 56.1 Å². The Morgan fingerprint density at radius 2 is 2.33 bits per heavy atom.